The van der Waals surface area contributed by atoms with Crippen LogP contribution in [0.15, 0.2) is 18.2 Å². The summed E-state index contributed by atoms with van der Waals surface area (Å²) in [4.78, 5) is 26.2. The molecule has 0 spiro atoms. The highest BCUT2D eigenvalue weighted by Gasteiger charge is 2.36. The number of nitrogens with zero attached hydrogens (tertiary/aromatic N) is 1. The highest BCUT2D eigenvalue weighted by Crippen LogP contribution is 2.34. The quantitative estimate of drug-likeness (QED) is 0.924. The number of hydrogen-bond donors (Lipinski definition) is 1. The van der Waals surface area contributed by atoms with Crippen LogP contribution in [0.5, 0.6) is 11.5 Å². The van der Waals surface area contributed by atoms with Gasteiger partial charge >= 0.3 is 0 Å². The number of rotatable bonds is 4. The average Bonchev–Trinajstić information content (AvgIpc) is 3.12. The van der Waals surface area contributed by atoms with Crippen LogP contribution in [0.4, 0.5) is 5.69 Å². The van der Waals surface area contributed by atoms with Gasteiger partial charge in [-0.2, -0.15) is 0 Å². The molecular formula is C16H20N2O4. The van der Waals surface area contributed by atoms with E-state index in [1.54, 1.807) is 23.1 Å². The Morgan fingerprint density at radius 2 is 2.18 bits per heavy atom. The highest BCUT2D eigenvalue weighted by atomic mass is 16.7. The minimum atomic E-state index is -0.299. The fourth-order valence-corrected chi connectivity index (χ4v) is 2.77. The highest BCUT2D eigenvalue weighted by molar-refractivity contribution is 5.97. The minimum Gasteiger partial charge on any atom is -0.454 e. The van der Waals surface area contributed by atoms with Crippen LogP contribution in [0, 0.1) is 5.92 Å². The predicted molar refractivity (Wildman–Crippen MR) is 80.8 cm³/mol. The molecule has 1 saturated heterocycles. The Labute approximate surface area is 129 Å². The maximum absolute atomic E-state index is 12.4. The van der Waals surface area contributed by atoms with Crippen LogP contribution in [0.1, 0.15) is 26.7 Å². The van der Waals surface area contributed by atoms with Crippen molar-refractivity contribution in [3.63, 3.8) is 0 Å². The van der Waals surface area contributed by atoms with Gasteiger partial charge in [-0.3, -0.25) is 9.59 Å². The molecule has 1 aromatic carbocycles. The van der Waals surface area contributed by atoms with E-state index in [4.69, 9.17) is 9.47 Å². The van der Waals surface area contributed by atoms with Crippen LogP contribution in [-0.4, -0.2) is 36.1 Å². The summed E-state index contributed by atoms with van der Waals surface area (Å²) in [7, 11) is 0. The predicted octanol–water partition coefficient (Wildman–Crippen LogP) is 2.00. The molecule has 1 aromatic rings. The molecule has 0 radical (unpaired) electrons. The van der Waals surface area contributed by atoms with Gasteiger partial charge in [-0.05, 0) is 25.5 Å². The van der Waals surface area contributed by atoms with Crippen molar-refractivity contribution in [2.24, 2.45) is 5.92 Å². The molecule has 2 unspecified atom stereocenters. The molecule has 1 fully saturated rings. The Kier molecular flexibility index (Phi) is 3.92. The van der Waals surface area contributed by atoms with E-state index in [1.165, 1.54) is 0 Å². The van der Waals surface area contributed by atoms with E-state index in [2.05, 4.69) is 5.32 Å². The SMILES string of the molecule is CCC(C)N1CC(C(=O)Nc2ccc3c(c2)OCO3)CC1=O. The van der Waals surface area contributed by atoms with Crippen molar-refractivity contribution in [1.82, 2.24) is 4.90 Å². The van der Waals surface area contributed by atoms with Crippen molar-refractivity contribution in [3.8, 4) is 11.5 Å². The maximum Gasteiger partial charge on any atom is 0.231 e. The van der Waals surface area contributed by atoms with Crippen LogP contribution in [0.25, 0.3) is 0 Å². The summed E-state index contributed by atoms with van der Waals surface area (Å²) < 4.78 is 10.5. The van der Waals surface area contributed by atoms with Gasteiger partial charge < -0.3 is 19.7 Å². The lowest BCUT2D eigenvalue weighted by Gasteiger charge is -2.23. The van der Waals surface area contributed by atoms with Crippen molar-refractivity contribution in [3.05, 3.63) is 18.2 Å². The third-order valence-corrected chi connectivity index (χ3v) is 4.29. The zero-order chi connectivity index (χ0) is 15.7. The Bertz CT molecular complexity index is 602. The van der Waals surface area contributed by atoms with Crippen LogP contribution in [-0.2, 0) is 9.59 Å². The van der Waals surface area contributed by atoms with Crippen LogP contribution >= 0.6 is 0 Å². The molecule has 0 aromatic heterocycles. The molecule has 1 N–H and O–H groups in total. The summed E-state index contributed by atoms with van der Waals surface area (Å²) in [5.41, 5.74) is 0.656. The maximum atomic E-state index is 12.4. The summed E-state index contributed by atoms with van der Waals surface area (Å²) in [6.07, 6.45) is 1.17. The third-order valence-electron chi connectivity index (χ3n) is 4.29. The molecule has 2 heterocycles. The number of amides is 2. The monoisotopic (exact) mass is 304 g/mol. The van der Waals surface area contributed by atoms with Gasteiger partial charge in [-0.15, -0.1) is 0 Å². The number of hydrogen-bond acceptors (Lipinski definition) is 4. The summed E-state index contributed by atoms with van der Waals surface area (Å²) in [6, 6.07) is 5.46. The van der Waals surface area contributed by atoms with Gasteiger partial charge in [0.15, 0.2) is 11.5 Å². The fourth-order valence-electron chi connectivity index (χ4n) is 2.77. The van der Waals surface area contributed by atoms with Gasteiger partial charge in [0.05, 0.1) is 5.92 Å². The molecule has 2 aliphatic heterocycles. The molecule has 3 rings (SSSR count). The first-order valence-corrected chi connectivity index (χ1v) is 7.58. The van der Waals surface area contributed by atoms with E-state index in [1.807, 2.05) is 13.8 Å². The second-order valence-electron chi connectivity index (χ2n) is 5.76. The Morgan fingerprint density at radius 3 is 2.95 bits per heavy atom. The lowest BCUT2D eigenvalue weighted by Crippen LogP contribution is -2.35. The summed E-state index contributed by atoms with van der Waals surface area (Å²) in [5.74, 6) is 0.934. The normalized spacial score (nSPS) is 21.1. The fraction of sp³-hybridized carbons (Fsp3) is 0.500. The first-order chi connectivity index (χ1) is 10.6. The Morgan fingerprint density at radius 1 is 1.41 bits per heavy atom. The van der Waals surface area contributed by atoms with Gasteiger partial charge in [-0.1, -0.05) is 6.92 Å². The number of fused-ring (bicyclic) bond motifs is 1. The van der Waals surface area contributed by atoms with Gasteiger partial charge in [-0.25, -0.2) is 0 Å². The first-order valence-electron chi connectivity index (χ1n) is 7.58. The molecule has 6 heteroatoms. The molecule has 6 nitrogen and oxygen atoms in total. The first kappa shape index (κ1) is 14.7. The number of carbonyl (C=O) groups is 2. The number of carbonyl (C=O) groups excluding carboxylic acids is 2. The molecule has 2 amide bonds. The molecule has 2 atom stereocenters. The molecule has 2 aliphatic rings. The average molecular weight is 304 g/mol. The van der Waals surface area contributed by atoms with Crippen LogP contribution in [0.2, 0.25) is 0 Å². The third kappa shape index (κ3) is 2.73. The van der Waals surface area contributed by atoms with E-state index in [-0.39, 0.29) is 37.0 Å². The second-order valence-corrected chi connectivity index (χ2v) is 5.76. The zero-order valence-electron chi connectivity index (χ0n) is 12.8. The van der Waals surface area contributed by atoms with Crippen molar-refractivity contribution >= 4 is 17.5 Å². The standard InChI is InChI=1S/C16H20N2O4/c1-3-10(2)18-8-11(6-15(18)19)16(20)17-12-4-5-13-14(7-12)22-9-21-13/h4-5,7,10-11H,3,6,8-9H2,1-2H3,(H,17,20). The second kappa shape index (κ2) is 5.87. The van der Waals surface area contributed by atoms with Crippen LogP contribution < -0.4 is 14.8 Å². The van der Waals surface area contributed by atoms with Crippen molar-refractivity contribution in [2.45, 2.75) is 32.7 Å². The summed E-state index contributed by atoms with van der Waals surface area (Å²) in [5, 5.41) is 2.86. The Hall–Kier alpha value is -2.24. The molecule has 0 saturated carbocycles. The minimum absolute atomic E-state index is 0.0557. The number of anilines is 1. The van der Waals surface area contributed by atoms with Gasteiger partial charge in [0.25, 0.3) is 0 Å². The number of ether oxygens (including phenoxy) is 2. The van der Waals surface area contributed by atoms with Crippen LogP contribution in [0.3, 0.4) is 0 Å². The van der Waals surface area contributed by atoms with E-state index in [0.29, 0.717) is 23.7 Å². The molecule has 0 bridgehead atoms. The zero-order valence-corrected chi connectivity index (χ0v) is 12.8. The number of likely N-dealkylation sites (tertiary alicyclic amines) is 1. The summed E-state index contributed by atoms with van der Waals surface area (Å²) >= 11 is 0. The van der Waals surface area contributed by atoms with E-state index in [9.17, 15) is 9.59 Å². The topological polar surface area (TPSA) is 67.9 Å². The van der Waals surface area contributed by atoms with Gasteiger partial charge in [0.2, 0.25) is 18.6 Å². The largest absolute Gasteiger partial charge is 0.454 e. The van der Waals surface area contributed by atoms with Crippen molar-refractivity contribution < 1.29 is 19.1 Å². The van der Waals surface area contributed by atoms with Gasteiger partial charge in [0.1, 0.15) is 0 Å². The molecule has 118 valence electrons. The molecule has 22 heavy (non-hydrogen) atoms. The van der Waals surface area contributed by atoms with E-state index < -0.39 is 0 Å². The number of nitrogens with one attached hydrogen (secondary N) is 1. The van der Waals surface area contributed by atoms with Gasteiger partial charge in [0, 0.05) is 30.8 Å². The van der Waals surface area contributed by atoms with E-state index >= 15 is 0 Å². The Balaban J connectivity index is 1.64. The van der Waals surface area contributed by atoms with Crippen molar-refractivity contribution in [2.75, 3.05) is 18.7 Å². The lowest BCUT2D eigenvalue weighted by molar-refractivity contribution is -0.129. The lowest BCUT2D eigenvalue weighted by atomic mass is 10.1. The molecule has 0 aliphatic carbocycles. The smallest absolute Gasteiger partial charge is 0.231 e. The van der Waals surface area contributed by atoms with E-state index in [0.717, 1.165) is 6.42 Å². The summed E-state index contributed by atoms with van der Waals surface area (Å²) in [6.45, 7) is 4.74. The number of benzene rings is 1. The van der Waals surface area contributed by atoms with Crippen molar-refractivity contribution in [1.29, 1.82) is 0 Å². The molecular weight excluding hydrogens is 284 g/mol.